The van der Waals surface area contributed by atoms with Gasteiger partial charge in [-0.2, -0.15) is 0 Å². The first-order valence-electron chi connectivity index (χ1n) is 8.09. The van der Waals surface area contributed by atoms with E-state index in [2.05, 4.69) is 34.6 Å². The molecule has 0 bridgehead atoms. The zero-order valence-corrected chi connectivity index (χ0v) is 13.2. The molecule has 1 rings (SSSR count). The van der Waals surface area contributed by atoms with Crippen LogP contribution in [0, 0.1) is 23.7 Å². The van der Waals surface area contributed by atoms with Crippen molar-refractivity contribution >= 4 is 0 Å². The first-order valence-corrected chi connectivity index (χ1v) is 8.09. The third-order valence-corrected chi connectivity index (χ3v) is 4.71. The molecule has 1 fully saturated rings. The zero-order valence-electron chi connectivity index (χ0n) is 13.2. The van der Waals surface area contributed by atoms with Crippen molar-refractivity contribution in [2.45, 2.75) is 85.2 Å². The molecule has 0 heterocycles. The van der Waals surface area contributed by atoms with Gasteiger partial charge in [0.1, 0.15) is 0 Å². The summed E-state index contributed by atoms with van der Waals surface area (Å²) in [5.74, 6) is 2.66. The van der Waals surface area contributed by atoms with Crippen LogP contribution in [0.5, 0.6) is 0 Å². The number of aliphatic hydroxyl groups is 1. The summed E-state index contributed by atoms with van der Waals surface area (Å²) < 4.78 is 0. The Morgan fingerprint density at radius 2 is 1.39 bits per heavy atom. The lowest BCUT2D eigenvalue weighted by Gasteiger charge is -2.42. The van der Waals surface area contributed by atoms with Gasteiger partial charge in [0.15, 0.2) is 0 Å². The fourth-order valence-corrected chi connectivity index (χ4v) is 3.94. The van der Waals surface area contributed by atoms with Crippen molar-refractivity contribution in [1.29, 1.82) is 0 Å². The molecule has 0 aromatic heterocycles. The molecule has 1 aliphatic rings. The molecule has 0 aromatic rings. The van der Waals surface area contributed by atoms with E-state index in [1.807, 2.05) is 0 Å². The first-order chi connectivity index (χ1) is 8.37. The number of hydrogen-bond donors (Lipinski definition) is 1. The summed E-state index contributed by atoms with van der Waals surface area (Å²) in [6, 6.07) is 0. The molecule has 1 heteroatoms. The number of hydrogen-bond acceptors (Lipinski definition) is 1. The highest BCUT2D eigenvalue weighted by Crippen LogP contribution is 2.42. The SMILES string of the molecule is CCC1CCC(C(O)(CC(C)C)CC(C)C)CC1. The van der Waals surface area contributed by atoms with Gasteiger partial charge in [-0.15, -0.1) is 0 Å². The summed E-state index contributed by atoms with van der Waals surface area (Å²) in [6.45, 7) is 11.3. The van der Waals surface area contributed by atoms with Gasteiger partial charge in [0, 0.05) is 0 Å². The van der Waals surface area contributed by atoms with E-state index in [9.17, 15) is 5.11 Å². The van der Waals surface area contributed by atoms with E-state index in [1.165, 1.54) is 32.1 Å². The van der Waals surface area contributed by atoms with E-state index >= 15 is 0 Å². The van der Waals surface area contributed by atoms with Gasteiger partial charge in [-0.05, 0) is 49.4 Å². The Morgan fingerprint density at radius 1 is 0.944 bits per heavy atom. The summed E-state index contributed by atoms with van der Waals surface area (Å²) in [7, 11) is 0. The fourth-order valence-electron chi connectivity index (χ4n) is 3.94. The normalized spacial score (nSPS) is 26.0. The van der Waals surface area contributed by atoms with Crippen molar-refractivity contribution in [3.05, 3.63) is 0 Å². The van der Waals surface area contributed by atoms with E-state index in [0.29, 0.717) is 17.8 Å². The maximum atomic E-state index is 11.1. The van der Waals surface area contributed by atoms with Gasteiger partial charge < -0.3 is 5.11 Å². The molecular formula is C17H34O. The van der Waals surface area contributed by atoms with Gasteiger partial charge in [-0.1, -0.05) is 53.9 Å². The molecule has 0 atom stereocenters. The van der Waals surface area contributed by atoms with E-state index in [-0.39, 0.29) is 0 Å². The van der Waals surface area contributed by atoms with Gasteiger partial charge in [-0.25, -0.2) is 0 Å². The van der Waals surface area contributed by atoms with Crippen LogP contribution in [0.15, 0.2) is 0 Å². The van der Waals surface area contributed by atoms with Gasteiger partial charge in [0.05, 0.1) is 5.60 Å². The maximum Gasteiger partial charge on any atom is 0.0680 e. The van der Waals surface area contributed by atoms with Crippen LogP contribution < -0.4 is 0 Å². The van der Waals surface area contributed by atoms with Crippen molar-refractivity contribution in [2.75, 3.05) is 0 Å². The summed E-state index contributed by atoms with van der Waals surface area (Å²) >= 11 is 0. The van der Waals surface area contributed by atoms with Crippen molar-refractivity contribution < 1.29 is 5.11 Å². The summed E-state index contributed by atoms with van der Waals surface area (Å²) in [6.07, 6.45) is 8.43. The van der Waals surface area contributed by atoms with Crippen LogP contribution >= 0.6 is 0 Å². The molecule has 0 spiro atoms. The van der Waals surface area contributed by atoms with Crippen LogP contribution in [-0.4, -0.2) is 10.7 Å². The zero-order chi connectivity index (χ0) is 13.8. The molecule has 1 N–H and O–H groups in total. The molecule has 0 amide bonds. The summed E-state index contributed by atoms with van der Waals surface area (Å²) in [5.41, 5.74) is -0.402. The van der Waals surface area contributed by atoms with Crippen LogP contribution in [0.3, 0.4) is 0 Å². The minimum atomic E-state index is -0.402. The Kier molecular flexibility index (Phi) is 6.17. The molecule has 0 aliphatic heterocycles. The Bertz CT molecular complexity index is 214. The average Bonchev–Trinajstić information content (AvgIpc) is 2.27. The second-order valence-electron chi connectivity index (χ2n) is 7.43. The molecule has 1 nitrogen and oxygen atoms in total. The Morgan fingerprint density at radius 3 is 1.72 bits per heavy atom. The van der Waals surface area contributed by atoms with Crippen LogP contribution in [0.1, 0.15) is 79.6 Å². The highest BCUT2D eigenvalue weighted by Gasteiger charge is 2.39. The summed E-state index contributed by atoms with van der Waals surface area (Å²) in [4.78, 5) is 0. The van der Waals surface area contributed by atoms with Crippen molar-refractivity contribution in [2.24, 2.45) is 23.7 Å². The first kappa shape index (κ1) is 16.0. The second-order valence-corrected chi connectivity index (χ2v) is 7.43. The van der Waals surface area contributed by atoms with Crippen LogP contribution in [-0.2, 0) is 0 Å². The minimum absolute atomic E-state index is 0.402. The lowest BCUT2D eigenvalue weighted by molar-refractivity contribution is -0.0682. The number of rotatable bonds is 6. The maximum absolute atomic E-state index is 11.1. The van der Waals surface area contributed by atoms with Crippen molar-refractivity contribution in [3.8, 4) is 0 Å². The predicted molar refractivity (Wildman–Crippen MR) is 79.6 cm³/mol. The van der Waals surface area contributed by atoms with E-state index in [4.69, 9.17) is 0 Å². The molecule has 108 valence electrons. The van der Waals surface area contributed by atoms with Crippen LogP contribution in [0.2, 0.25) is 0 Å². The lowest BCUT2D eigenvalue weighted by Crippen LogP contribution is -2.42. The van der Waals surface area contributed by atoms with Crippen LogP contribution in [0.25, 0.3) is 0 Å². The van der Waals surface area contributed by atoms with E-state index < -0.39 is 5.60 Å². The smallest absolute Gasteiger partial charge is 0.0680 e. The molecule has 0 aromatic carbocycles. The third kappa shape index (κ3) is 4.57. The molecule has 1 saturated carbocycles. The Balaban J connectivity index is 2.65. The predicted octanol–water partition coefficient (Wildman–Crippen LogP) is 5.03. The van der Waals surface area contributed by atoms with Crippen LogP contribution in [0.4, 0.5) is 0 Å². The molecule has 0 radical (unpaired) electrons. The van der Waals surface area contributed by atoms with Gasteiger partial charge >= 0.3 is 0 Å². The minimum Gasteiger partial charge on any atom is -0.390 e. The highest BCUT2D eigenvalue weighted by atomic mass is 16.3. The third-order valence-electron chi connectivity index (χ3n) is 4.71. The average molecular weight is 254 g/mol. The highest BCUT2D eigenvalue weighted by molar-refractivity contribution is 4.90. The van der Waals surface area contributed by atoms with E-state index in [0.717, 1.165) is 18.8 Å². The molecule has 0 saturated heterocycles. The monoisotopic (exact) mass is 254 g/mol. The molecule has 1 aliphatic carbocycles. The Labute approximate surface area is 114 Å². The van der Waals surface area contributed by atoms with E-state index in [1.54, 1.807) is 0 Å². The van der Waals surface area contributed by atoms with Gasteiger partial charge in [0.25, 0.3) is 0 Å². The molecule has 18 heavy (non-hydrogen) atoms. The van der Waals surface area contributed by atoms with Crippen molar-refractivity contribution in [1.82, 2.24) is 0 Å². The molecular weight excluding hydrogens is 220 g/mol. The topological polar surface area (TPSA) is 20.2 Å². The fraction of sp³-hybridized carbons (Fsp3) is 1.00. The largest absolute Gasteiger partial charge is 0.390 e. The lowest BCUT2D eigenvalue weighted by atomic mass is 9.68. The quantitative estimate of drug-likeness (QED) is 0.705. The standard InChI is InChI=1S/C17H34O/c1-6-15-7-9-16(10-8-15)17(18,11-13(2)3)12-14(4)5/h13-16,18H,6-12H2,1-5H3. The second kappa shape index (κ2) is 6.93. The Hall–Kier alpha value is -0.0400. The summed E-state index contributed by atoms with van der Waals surface area (Å²) in [5, 5.41) is 11.1. The van der Waals surface area contributed by atoms with Crippen molar-refractivity contribution in [3.63, 3.8) is 0 Å². The van der Waals surface area contributed by atoms with Gasteiger partial charge in [-0.3, -0.25) is 0 Å². The molecule has 0 unspecified atom stereocenters. The van der Waals surface area contributed by atoms with Gasteiger partial charge in [0.2, 0.25) is 0 Å².